The van der Waals surface area contributed by atoms with Crippen molar-refractivity contribution in [1.82, 2.24) is 10.2 Å². The molecule has 0 bridgehead atoms. The number of anilines is 1. The summed E-state index contributed by atoms with van der Waals surface area (Å²) in [7, 11) is 0. The first kappa shape index (κ1) is 13.6. The Morgan fingerprint density at radius 2 is 2.20 bits per heavy atom. The lowest BCUT2D eigenvalue weighted by Gasteiger charge is -2.06. The molecule has 0 spiro atoms. The van der Waals surface area contributed by atoms with E-state index in [1.807, 2.05) is 13.0 Å². The summed E-state index contributed by atoms with van der Waals surface area (Å²) >= 11 is 2.94. The van der Waals surface area contributed by atoms with Crippen molar-refractivity contribution in [1.29, 1.82) is 0 Å². The molecular weight excluding hydrogens is 290 g/mol. The number of rotatable bonds is 4. The first-order valence-corrected chi connectivity index (χ1v) is 8.35. The number of aromatic nitrogens is 2. The van der Waals surface area contributed by atoms with Crippen LogP contribution in [0, 0.1) is 6.92 Å². The van der Waals surface area contributed by atoms with Crippen molar-refractivity contribution in [3.8, 4) is 0 Å². The first-order chi connectivity index (χ1) is 9.70. The van der Waals surface area contributed by atoms with E-state index in [4.69, 9.17) is 0 Å². The van der Waals surface area contributed by atoms with Crippen molar-refractivity contribution >= 4 is 34.7 Å². The lowest BCUT2D eigenvalue weighted by molar-refractivity contribution is -0.113. The maximum absolute atomic E-state index is 11.9. The van der Waals surface area contributed by atoms with Crippen LogP contribution in [0.3, 0.4) is 0 Å². The molecule has 0 atom stereocenters. The molecule has 1 N–H and O–H groups in total. The second kappa shape index (κ2) is 5.93. The number of nitrogens with zero attached hydrogens (tertiary/aromatic N) is 2. The molecule has 1 aromatic carbocycles. The number of carbonyl (C=O) groups excluding carboxylic acids is 1. The number of carbonyl (C=O) groups is 1. The molecule has 0 saturated carbocycles. The van der Waals surface area contributed by atoms with Crippen molar-refractivity contribution in [2.75, 3.05) is 11.1 Å². The van der Waals surface area contributed by atoms with Crippen LogP contribution in [0.25, 0.3) is 0 Å². The van der Waals surface area contributed by atoms with Gasteiger partial charge in [-0.15, -0.1) is 10.2 Å². The molecule has 1 aromatic heterocycles. The van der Waals surface area contributed by atoms with Gasteiger partial charge in [-0.1, -0.05) is 29.2 Å². The topological polar surface area (TPSA) is 54.9 Å². The van der Waals surface area contributed by atoms with Crippen molar-refractivity contribution in [2.45, 2.75) is 30.5 Å². The quantitative estimate of drug-likeness (QED) is 0.882. The summed E-state index contributed by atoms with van der Waals surface area (Å²) in [5, 5.41) is 11.8. The molecule has 1 heterocycles. The Morgan fingerprint density at radius 3 is 3.00 bits per heavy atom. The summed E-state index contributed by atoms with van der Waals surface area (Å²) in [5.74, 6) is 0.368. The molecule has 0 unspecified atom stereocenters. The van der Waals surface area contributed by atoms with Crippen LogP contribution in [0.2, 0.25) is 0 Å². The number of hydrogen-bond acceptors (Lipinski definition) is 5. The molecule has 0 fully saturated rings. The number of fused-ring (bicyclic) bond motifs is 1. The zero-order chi connectivity index (χ0) is 13.9. The zero-order valence-electron chi connectivity index (χ0n) is 11.2. The molecule has 0 aliphatic heterocycles. The fourth-order valence-corrected chi connectivity index (χ4v) is 3.93. The molecule has 2 aromatic rings. The van der Waals surface area contributed by atoms with Crippen molar-refractivity contribution < 1.29 is 4.79 Å². The number of benzene rings is 1. The minimum Gasteiger partial charge on any atom is -0.325 e. The van der Waals surface area contributed by atoms with Gasteiger partial charge in [0, 0.05) is 5.69 Å². The summed E-state index contributed by atoms with van der Waals surface area (Å²) in [6.07, 6.45) is 3.51. The van der Waals surface area contributed by atoms with E-state index in [1.165, 1.54) is 40.6 Å². The van der Waals surface area contributed by atoms with Gasteiger partial charge >= 0.3 is 0 Å². The van der Waals surface area contributed by atoms with Crippen LogP contribution < -0.4 is 5.32 Å². The normalized spacial score (nSPS) is 13.2. The van der Waals surface area contributed by atoms with Crippen LogP contribution in [-0.4, -0.2) is 21.9 Å². The number of amides is 1. The molecule has 3 rings (SSSR count). The van der Waals surface area contributed by atoms with E-state index in [1.54, 1.807) is 0 Å². The molecule has 104 valence electrons. The number of thioether (sulfide) groups is 1. The fraction of sp³-hybridized carbons (Fsp3) is 0.357. The Morgan fingerprint density at radius 1 is 1.35 bits per heavy atom. The van der Waals surface area contributed by atoms with Crippen molar-refractivity contribution in [2.24, 2.45) is 0 Å². The second-order valence-corrected chi connectivity index (χ2v) is 7.16. The van der Waals surface area contributed by atoms with Gasteiger partial charge in [0.15, 0.2) is 4.34 Å². The van der Waals surface area contributed by atoms with E-state index >= 15 is 0 Å². The Hall–Kier alpha value is -1.40. The predicted octanol–water partition coefficient (Wildman–Crippen LogP) is 3.07. The Labute approximate surface area is 126 Å². The summed E-state index contributed by atoms with van der Waals surface area (Å²) in [4.78, 5) is 11.9. The molecule has 6 heteroatoms. The molecule has 0 radical (unpaired) electrons. The third-order valence-electron chi connectivity index (χ3n) is 3.22. The Balaban J connectivity index is 1.56. The fourth-order valence-electron chi connectivity index (χ4n) is 2.31. The van der Waals surface area contributed by atoms with Gasteiger partial charge in [0.2, 0.25) is 5.91 Å². The van der Waals surface area contributed by atoms with Crippen LogP contribution in [-0.2, 0) is 17.6 Å². The van der Waals surface area contributed by atoms with E-state index in [2.05, 4.69) is 27.6 Å². The van der Waals surface area contributed by atoms with Gasteiger partial charge in [-0.2, -0.15) is 0 Å². The van der Waals surface area contributed by atoms with Gasteiger partial charge < -0.3 is 5.32 Å². The van der Waals surface area contributed by atoms with E-state index in [0.29, 0.717) is 5.75 Å². The smallest absolute Gasteiger partial charge is 0.234 e. The number of nitrogens with one attached hydrogen (secondary N) is 1. The summed E-state index contributed by atoms with van der Waals surface area (Å²) in [6.45, 7) is 1.91. The largest absolute Gasteiger partial charge is 0.325 e. The molecule has 1 aliphatic rings. The Bertz CT molecular complexity index is 639. The van der Waals surface area contributed by atoms with Gasteiger partial charge in [-0.3, -0.25) is 4.79 Å². The number of aryl methyl sites for hydroxylation is 3. The molecule has 20 heavy (non-hydrogen) atoms. The predicted molar refractivity (Wildman–Crippen MR) is 82.5 cm³/mol. The van der Waals surface area contributed by atoms with Crippen LogP contribution in [0.4, 0.5) is 5.69 Å². The van der Waals surface area contributed by atoms with Crippen LogP contribution in [0.15, 0.2) is 22.5 Å². The maximum atomic E-state index is 11.9. The van der Waals surface area contributed by atoms with Crippen LogP contribution in [0.5, 0.6) is 0 Å². The second-order valence-electron chi connectivity index (χ2n) is 4.76. The van der Waals surface area contributed by atoms with Crippen LogP contribution in [0.1, 0.15) is 22.6 Å². The van der Waals surface area contributed by atoms with Gasteiger partial charge in [0.1, 0.15) is 5.01 Å². The van der Waals surface area contributed by atoms with E-state index in [-0.39, 0.29) is 5.91 Å². The third-order valence-corrected chi connectivity index (χ3v) is 5.19. The molecule has 4 nitrogen and oxygen atoms in total. The maximum Gasteiger partial charge on any atom is 0.234 e. The highest BCUT2D eigenvalue weighted by Gasteiger charge is 2.12. The lowest BCUT2D eigenvalue weighted by atomic mass is 10.1. The molecule has 1 amide bonds. The van der Waals surface area contributed by atoms with Gasteiger partial charge in [-0.05, 0) is 49.4 Å². The highest BCUT2D eigenvalue weighted by atomic mass is 32.2. The van der Waals surface area contributed by atoms with E-state index in [0.717, 1.165) is 27.9 Å². The highest BCUT2D eigenvalue weighted by molar-refractivity contribution is 8.01. The van der Waals surface area contributed by atoms with E-state index < -0.39 is 0 Å². The van der Waals surface area contributed by atoms with Gasteiger partial charge in [0.05, 0.1) is 5.75 Å². The SMILES string of the molecule is Cc1nnc(SCC(=O)Nc2ccc3c(c2)CCC3)s1. The van der Waals surface area contributed by atoms with Gasteiger partial charge in [-0.25, -0.2) is 0 Å². The molecule has 0 saturated heterocycles. The zero-order valence-corrected chi connectivity index (χ0v) is 12.8. The summed E-state index contributed by atoms with van der Waals surface area (Å²) in [5.41, 5.74) is 3.68. The van der Waals surface area contributed by atoms with Crippen molar-refractivity contribution in [3.05, 3.63) is 34.3 Å². The third kappa shape index (κ3) is 3.19. The highest BCUT2D eigenvalue weighted by Crippen LogP contribution is 2.25. The summed E-state index contributed by atoms with van der Waals surface area (Å²) < 4.78 is 0.839. The van der Waals surface area contributed by atoms with Crippen LogP contribution >= 0.6 is 23.1 Å². The van der Waals surface area contributed by atoms with Gasteiger partial charge in [0.25, 0.3) is 0 Å². The number of hydrogen-bond donors (Lipinski definition) is 1. The minimum absolute atomic E-state index is 0.000741. The minimum atomic E-state index is 0.000741. The molecular formula is C14H15N3OS2. The first-order valence-electron chi connectivity index (χ1n) is 6.55. The average molecular weight is 305 g/mol. The van der Waals surface area contributed by atoms with E-state index in [9.17, 15) is 4.79 Å². The average Bonchev–Trinajstić information content (AvgIpc) is 3.04. The lowest BCUT2D eigenvalue weighted by Crippen LogP contribution is -2.14. The van der Waals surface area contributed by atoms with Crippen molar-refractivity contribution in [3.63, 3.8) is 0 Å². The standard InChI is InChI=1S/C14H15N3OS2/c1-9-16-17-14(20-9)19-8-13(18)15-12-6-5-10-3-2-4-11(10)7-12/h5-7H,2-4,8H2,1H3,(H,15,18). The Kier molecular flexibility index (Phi) is 4.03. The molecule has 1 aliphatic carbocycles. The monoisotopic (exact) mass is 305 g/mol. The summed E-state index contributed by atoms with van der Waals surface area (Å²) in [6, 6.07) is 6.21.